The molecular formula is C23H28N2O3. The summed E-state index contributed by atoms with van der Waals surface area (Å²) < 4.78 is 5.93. The Bertz CT molecular complexity index is 820. The van der Waals surface area contributed by atoms with E-state index < -0.39 is 0 Å². The van der Waals surface area contributed by atoms with Crippen molar-refractivity contribution in [2.75, 3.05) is 13.7 Å². The molecule has 0 N–H and O–H groups in total. The summed E-state index contributed by atoms with van der Waals surface area (Å²) >= 11 is 0. The molecule has 5 heteroatoms. The van der Waals surface area contributed by atoms with Crippen molar-refractivity contribution in [1.29, 1.82) is 0 Å². The number of aromatic nitrogens is 1. The molecule has 0 saturated carbocycles. The Labute approximate surface area is 166 Å². The van der Waals surface area contributed by atoms with Crippen molar-refractivity contribution < 1.29 is 14.3 Å². The number of pyridine rings is 1. The molecule has 1 aliphatic rings. The van der Waals surface area contributed by atoms with Crippen molar-refractivity contribution >= 4 is 11.7 Å². The maximum absolute atomic E-state index is 12.5. The van der Waals surface area contributed by atoms with Gasteiger partial charge in [-0.15, -0.1) is 0 Å². The third-order valence-electron chi connectivity index (χ3n) is 5.13. The number of Topliss-reactive ketones (excluding diaryl/α,β-unsaturated/α-hetero) is 1. The topological polar surface area (TPSA) is 59.5 Å². The van der Waals surface area contributed by atoms with Gasteiger partial charge in [-0.25, -0.2) is 0 Å². The number of unbranched alkanes of at least 4 members (excludes halogenated alkanes) is 1. The average Bonchev–Trinajstić information content (AvgIpc) is 2.79. The molecule has 0 bridgehead atoms. The number of benzene rings is 1. The van der Waals surface area contributed by atoms with Crippen LogP contribution in [0.15, 0.2) is 42.6 Å². The van der Waals surface area contributed by atoms with Gasteiger partial charge in [0.05, 0.1) is 6.61 Å². The third kappa shape index (κ3) is 5.41. The number of ether oxygens (including phenoxy) is 1. The van der Waals surface area contributed by atoms with Crippen LogP contribution >= 0.6 is 0 Å². The van der Waals surface area contributed by atoms with Gasteiger partial charge in [-0.3, -0.25) is 9.78 Å². The van der Waals surface area contributed by atoms with Crippen LogP contribution in [0.3, 0.4) is 0 Å². The van der Waals surface area contributed by atoms with Gasteiger partial charge < -0.3 is 14.4 Å². The molecule has 28 heavy (non-hydrogen) atoms. The van der Waals surface area contributed by atoms with Gasteiger partial charge >= 0.3 is 0 Å². The van der Waals surface area contributed by atoms with Crippen molar-refractivity contribution in [1.82, 2.24) is 9.88 Å². The van der Waals surface area contributed by atoms with Gasteiger partial charge in [0.2, 0.25) is 5.91 Å². The van der Waals surface area contributed by atoms with Crippen LogP contribution in [0.25, 0.3) is 0 Å². The molecule has 0 fully saturated rings. The first-order valence-electron chi connectivity index (χ1n) is 9.92. The number of amides is 1. The van der Waals surface area contributed by atoms with E-state index in [0.717, 1.165) is 41.8 Å². The first kappa shape index (κ1) is 20.1. The summed E-state index contributed by atoms with van der Waals surface area (Å²) in [6.07, 6.45) is 5.70. The molecule has 2 heterocycles. The van der Waals surface area contributed by atoms with E-state index >= 15 is 0 Å². The smallest absolute Gasteiger partial charge is 0.226 e. The molecular weight excluding hydrogens is 352 g/mol. The van der Waals surface area contributed by atoms with Crippen LogP contribution in [0.2, 0.25) is 0 Å². The van der Waals surface area contributed by atoms with Gasteiger partial charge in [0, 0.05) is 37.8 Å². The molecule has 2 aromatic rings. The molecule has 148 valence electrons. The maximum atomic E-state index is 12.5. The number of ketones is 1. The fourth-order valence-corrected chi connectivity index (χ4v) is 3.69. The summed E-state index contributed by atoms with van der Waals surface area (Å²) in [5.41, 5.74) is 3.35. The fraction of sp³-hybridized carbons (Fsp3) is 0.435. The van der Waals surface area contributed by atoms with E-state index in [0.29, 0.717) is 26.0 Å². The highest BCUT2D eigenvalue weighted by molar-refractivity contribution is 5.86. The molecule has 5 nitrogen and oxygen atoms in total. The SMILES string of the molecule is CC(=O)C[C@@H]1Cc2ccc(OCCCCc3ccccn3)cc2CN(C)C1=O. The maximum Gasteiger partial charge on any atom is 0.226 e. The van der Waals surface area contributed by atoms with E-state index in [2.05, 4.69) is 4.98 Å². The summed E-state index contributed by atoms with van der Waals surface area (Å²) in [7, 11) is 1.80. The van der Waals surface area contributed by atoms with Crippen molar-refractivity contribution in [3.8, 4) is 5.75 Å². The second-order valence-corrected chi connectivity index (χ2v) is 7.56. The zero-order chi connectivity index (χ0) is 19.9. The molecule has 1 amide bonds. The van der Waals surface area contributed by atoms with Crippen LogP contribution in [-0.2, 0) is 29.0 Å². The molecule has 0 aliphatic carbocycles. The number of carbonyl (C=O) groups is 2. The second-order valence-electron chi connectivity index (χ2n) is 7.56. The zero-order valence-corrected chi connectivity index (χ0v) is 16.7. The molecule has 0 unspecified atom stereocenters. The normalized spacial score (nSPS) is 16.4. The predicted molar refractivity (Wildman–Crippen MR) is 108 cm³/mol. The fourth-order valence-electron chi connectivity index (χ4n) is 3.69. The minimum atomic E-state index is -0.262. The van der Waals surface area contributed by atoms with Crippen LogP contribution in [0.5, 0.6) is 5.75 Å². The largest absolute Gasteiger partial charge is 0.494 e. The van der Waals surface area contributed by atoms with Crippen LogP contribution in [0.4, 0.5) is 0 Å². The summed E-state index contributed by atoms with van der Waals surface area (Å²) in [4.78, 5) is 30.1. The van der Waals surface area contributed by atoms with Gasteiger partial charge in [0.15, 0.2) is 0 Å². The van der Waals surface area contributed by atoms with E-state index in [4.69, 9.17) is 4.74 Å². The number of fused-ring (bicyclic) bond motifs is 1. The van der Waals surface area contributed by atoms with E-state index in [-0.39, 0.29) is 17.6 Å². The van der Waals surface area contributed by atoms with Gasteiger partial charge in [0.1, 0.15) is 11.5 Å². The zero-order valence-electron chi connectivity index (χ0n) is 16.7. The number of rotatable bonds is 8. The second kappa shape index (κ2) is 9.49. The van der Waals surface area contributed by atoms with Crippen LogP contribution < -0.4 is 4.74 Å². The highest BCUT2D eigenvalue weighted by Crippen LogP contribution is 2.27. The third-order valence-corrected chi connectivity index (χ3v) is 5.13. The Balaban J connectivity index is 1.55. The van der Waals surface area contributed by atoms with Crippen LogP contribution in [0, 0.1) is 5.92 Å². The lowest BCUT2D eigenvalue weighted by Crippen LogP contribution is -2.32. The summed E-state index contributed by atoms with van der Waals surface area (Å²) in [6, 6.07) is 12.0. The summed E-state index contributed by atoms with van der Waals surface area (Å²) in [6.45, 7) is 2.76. The lowest BCUT2D eigenvalue weighted by atomic mass is 9.93. The number of carbonyl (C=O) groups excluding carboxylic acids is 2. The van der Waals surface area contributed by atoms with Crippen LogP contribution in [-0.4, -0.2) is 35.2 Å². The summed E-state index contributed by atoms with van der Waals surface area (Å²) in [5, 5.41) is 0. The molecule has 0 radical (unpaired) electrons. The average molecular weight is 380 g/mol. The molecule has 3 rings (SSSR count). The van der Waals surface area contributed by atoms with Gasteiger partial charge in [0.25, 0.3) is 0 Å². The van der Waals surface area contributed by atoms with Gasteiger partial charge in [-0.2, -0.15) is 0 Å². The molecule has 1 aromatic heterocycles. The lowest BCUT2D eigenvalue weighted by Gasteiger charge is -2.19. The summed E-state index contributed by atoms with van der Waals surface area (Å²) in [5.74, 6) is 0.675. The van der Waals surface area contributed by atoms with Crippen LogP contribution in [0.1, 0.15) is 43.0 Å². The minimum absolute atomic E-state index is 0.0448. The van der Waals surface area contributed by atoms with E-state index in [1.54, 1.807) is 18.9 Å². The quantitative estimate of drug-likeness (QED) is 0.657. The van der Waals surface area contributed by atoms with Crippen molar-refractivity contribution in [2.24, 2.45) is 5.92 Å². The standard InChI is InChI=1S/C23H28N2O3/c1-17(26)13-19-14-18-9-10-22(15-20(18)16-25(2)23(19)27)28-12-6-4-8-21-7-3-5-11-24-21/h3,5,7,9-11,15,19H,4,6,8,12-14,16H2,1-2H3/t19-/m1/s1. The number of nitrogens with zero attached hydrogens (tertiary/aromatic N) is 2. The molecule has 1 aliphatic heterocycles. The number of hydrogen-bond donors (Lipinski definition) is 0. The Morgan fingerprint density at radius 1 is 1.21 bits per heavy atom. The van der Waals surface area contributed by atoms with Crippen molar-refractivity contribution in [3.05, 3.63) is 59.4 Å². The van der Waals surface area contributed by atoms with E-state index in [1.807, 2.05) is 42.6 Å². The number of aryl methyl sites for hydroxylation is 1. The minimum Gasteiger partial charge on any atom is -0.494 e. The number of hydrogen-bond acceptors (Lipinski definition) is 4. The Hall–Kier alpha value is -2.69. The van der Waals surface area contributed by atoms with Crippen molar-refractivity contribution in [2.45, 2.75) is 45.6 Å². The highest BCUT2D eigenvalue weighted by atomic mass is 16.5. The Morgan fingerprint density at radius 2 is 2.07 bits per heavy atom. The molecule has 0 saturated heterocycles. The molecule has 1 aromatic carbocycles. The Morgan fingerprint density at radius 3 is 2.82 bits per heavy atom. The first-order valence-corrected chi connectivity index (χ1v) is 9.92. The Kier molecular flexibility index (Phi) is 6.80. The lowest BCUT2D eigenvalue weighted by molar-refractivity contribution is -0.136. The van der Waals surface area contributed by atoms with Gasteiger partial charge in [-0.05, 0) is 68.0 Å². The molecule has 0 spiro atoms. The van der Waals surface area contributed by atoms with Gasteiger partial charge in [-0.1, -0.05) is 12.1 Å². The predicted octanol–water partition coefficient (Wildman–Crippen LogP) is 3.59. The van der Waals surface area contributed by atoms with E-state index in [9.17, 15) is 9.59 Å². The monoisotopic (exact) mass is 380 g/mol. The molecule has 1 atom stereocenters. The first-order chi connectivity index (χ1) is 13.5. The van der Waals surface area contributed by atoms with E-state index in [1.165, 1.54) is 0 Å². The highest BCUT2D eigenvalue weighted by Gasteiger charge is 2.28. The van der Waals surface area contributed by atoms with Crippen molar-refractivity contribution in [3.63, 3.8) is 0 Å².